The Bertz CT molecular complexity index is 300. The lowest BCUT2D eigenvalue weighted by atomic mass is 10.2. The quantitative estimate of drug-likeness (QED) is 0.742. The molecule has 0 aliphatic carbocycles. The van der Waals surface area contributed by atoms with Crippen LogP contribution < -0.4 is 10.1 Å². The molecule has 0 spiro atoms. The van der Waals surface area contributed by atoms with Crippen molar-refractivity contribution in [3.05, 3.63) is 16.3 Å². The predicted molar refractivity (Wildman–Crippen MR) is 56.1 cm³/mol. The zero-order chi connectivity index (χ0) is 9.68. The molecule has 0 bridgehead atoms. The van der Waals surface area contributed by atoms with Crippen molar-refractivity contribution in [2.75, 3.05) is 14.2 Å². The van der Waals surface area contributed by atoms with E-state index in [2.05, 4.69) is 11.2 Å². The van der Waals surface area contributed by atoms with Gasteiger partial charge in [0.05, 0.1) is 18.0 Å². The Labute approximate surface area is 82.9 Å². The molecular formula is C10H13NOS. The molecule has 13 heavy (non-hydrogen) atoms. The van der Waals surface area contributed by atoms with Crippen LogP contribution >= 0.6 is 11.3 Å². The first kappa shape index (κ1) is 10.1. The lowest BCUT2D eigenvalue weighted by Crippen LogP contribution is -2.14. The van der Waals surface area contributed by atoms with Crippen LogP contribution in [-0.4, -0.2) is 14.2 Å². The molecule has 0 aromatic carbocycles. The van der Waals surface area contributed by atoms with Crippen LogP contribution in [0.1, 0.15) is 17.3 Å². The molecule has 0 amide bonds. The fraction of sp³-hybridized carbons (Fsp3) is 0.400. The van der Waals surface area contributed by atoms with Gasteiger partial charge in [0.2, 0.25) is 0 Å². The molecule has 1 heterocycles. The van der Waals surface area contributed by atoms with E-state index in [4.69, 9.17) is 11.2 Å². The third-order valence-corrected chi connectivity index (χ3v) is 2.88. The summed E-state index contributed by atoms with van der Waals surface area (Å²) in [7, 11) is 3.58. The van der Waals surface area contributed by atoms with E-state index in [0.717, 1.165) is 5.75 Å². The maximum absolute atomic E-state index is 5.28. The largest absolute Gasteiger partial charge is 0.496 e. The van der Waals surface area contributed by atoms with Gasteiger partial charge < -0.3 is 10.1 Å². The van der Waals surface area contributed by atoms with Crippen LogP contribution in [0, 0.1) is 12.3 Å². The first-order chi connectivity index (χ1) is 6.33. The maximum Gasteiger partial charge on any atom is 0.134 e. The number of nitrogens with one attached hydrogen (secondary N) is 1. The van der Waals surface area contributed by atoms with Gasteiger partial charge in [-0.15, -0.1) is 23.7 Å². The van der Waals surface area contributed by atoms with Gasteiger partial charge in [-0.05, 0) is 18.5 Å². The number of terminal acetylenes is 1. The van der Waals surface area contributed by atoms with Crippen molar-refractivity contribution >= 4 is 11.3 Å². The normalized spacial score (nSPS) is 12.1. The Morgan fingerprint density at radius 1 is 1.77 bits per heavy atom. The van der Waals surface area contributed by atoms with Crippen molar-refractivity contribution in [3.8, 4) is 18.1 Å². The van der Waals surface area contributed by atoms with Crippen LogP contribution in [-0.2, 0) is 0 Å². The maximum atomic E-state index is 5.28. The highest BCUT2D eigenvalue weighted by Crippen LogP contribution is 2.31. The van der Waals surface area contributed by atoms with Crippen molar-refractivity contribution in [3.63, 3.8) is 0 Å². The molecule has 2 nitrogen and oxygen atoms in total. The van der Waals surface area contributed by atoms with E-state index in [1.807, 2.05) is 18.5 Å². The molecule has 0 aliphatic rings. The molecule has 0 aliphatic heterocycles. The van der Waals surface area contributed by atoms with Crippen molar-refractivity contribution < 1.29 is 4.74 Å². The first-order valence-electron chi connectivity index (χ1n) is 4.05. The molecule has 0 saturated carbocycles. The minimum Gasteiger partial charge on any atom is -0.496 e. The second-order valence-corrected chi connectivity index (χ2v) is 3.55. The lowest BCUT2D eigenvalue weighted by molar-refractivity contribution is 0.406. The molecular weight excluding hydrogens is 182 g/mol. The van der Waals surface area contributed by atoms with Gasteiger partial charge in [0.15, 0.2) is 0 Å². The molecule has 0 radical (unpaired) electrons. The second kappa shape index (κ2) is 4.90. The number of hydrogen-bond donors (Lipinski definition) is 1. The topological polar surface area (TPSA) is 21.3 Å². The second-order valence-electron chi connectivity index (χ2n) is 2.60. The standard InChI is InChI=1S/C10H13NOS/c1-4-5-8(11-2)10-9(12-3)6-7-13-10/h1,6-8,11H,5H2,2-3H3. The summed E-state index contributed by atoms with van der Waals surface area (Å²) in [5.74, 6) is 3.56. The van der Waals surface area contributed by atoms with E-state index in [0.29, 0.717) is 6.42 Å². The highest BCUT2D eigenvalue weighted by atomic mass is 32.1. The van der Waals surface area contributed by atoms with Crippen LogP contribution in [0.4, 0.5) is 0 Å². The highest BCUT2D eigenvalue weighted by Gasteiger charge is 2.14. The molecule has 1 rings (SSSR count). The minimum absolute atomic E-state index is 0.208. The van der Waals surface area contributed by atoms with Gasteiger partial charge in [-0.1, -0.05) is 0 Å². The van der Waals surface area contributed by atoms with Gasteiger partial charge >= 0.3 is 0 Å². The monoisotopic (exact) mass is 195 g/mol. The molecule has 3 heteroatoms. The van der Waals surface area contributed by atoms with E-state index in [1.54, 1.807) is 18.4 Å². The number of rotatable bonds is 4. The Hall–Kier alpha value is -0.980. The van der Waals surface area contributed by atoms with Gasteiger partial charge in [-0.3, -0.25) is 0 Å². The number of hydrogen-bond acceptors (Lipinski definition) is 3. The average molecular weight is 195 g/mol. The van der Waals surface area contributed by atoms with E-state index in [1.165, 1.54) is 4.88 Å². The third-order valence-electron chi connectivity index (χ3n) is 1.86. The van der Waals surface area contributed by atoms with Crippen LogP contribution in [0.5, 0.6) is 5.75 Å². The minimum atomic E-state index is 0.208. The Kier molecular flexibility index (Phi) is 3.81. The molecule has 1 unspecified atom stereocenters. The number of methoxy groups -OCH3 is 1. The Morgan fingerprint density at radius 2 is 2.54 bits per heavy atom. The summed E-state index contributed by atoms with van der Waals surface area (Å²) >= 11 is 1.66. The summed E-state index contributed by atoms with van der Waals surface area (Å²) < 4.78 is 5.22. The SMILES string of the molecule is C#CCC(NC)c1sccc1OC. The summed E-state index contributed by atoms with van der Waals surface area (Å²) in [4.78, 5) is 1.17. The summed E-state index contributed by atoms with van der Waals surface area (Å²) in [5, 5.41) is 5.18. The van der Waals surface area contributed by atoms with Crippen LogP contribution in [0.25, 0.3) is 0 Å². The average Bonchev–Trinajstić information content (AvgIpc) is 2.61. The third kappa shape index (κ3) is 2.24. The van der Waals surface area contributed by atoms with Gasteiger partial charge in [0.1, 0.15) is 5.75 Å². The van der Waals surface area contributed by atoms with Crippen molar-refractivity contribution in [2.45, 2.75) is 12.5 Å². The van der Waals surface area contributed by atoms with Crippen LogP contribution in [0.3, 0.4) is 0 Å². The molecule has 1 aromatic heterocycles. The summed E-state index contributed by atoms with van der Waals surface area (Å²) in [6, 6.07) is 2.17. The highest BCUT2D eigenvalue weighted by molar-refractivity contribution is 7.10. The molecule has 1 atom stereocenters. The molecule has 0 fully saturated rings. The predicted octanol–water partition coefficient (Wildman–Crippen LogP) is 2.04. The fourth-order valence-corrected chi connectivity index (χ4v) is 2.15. The zero-order valence-electron chi connectivity index (χ0n) is 7.83. The number of ether oxygens (including phenoxy) is 1. The van der Waals surface area contributed by atoms with Crippen LogP contribution in [0.2, 0.25) is 0 Å². The zero-order valence-corrected chi connectivity index (χ0v) is 8.65. The van der Waals surface area contributed by atoms with E-state index in [9.17, 15) is 0 Å². The van der Waals surface area contributed by atoms with Crippen molar-refractivity contribution in [1.29, 1.82) is 0 Å². The number of thiophene rings is 1. The van der Waals surface area contributed by atoms with Gasteiger partial charge in [0.25, 0.3) is 0 Å². The Balaban J connectivity index is 2.84. The van der Waals surface area contributed by atoms with Gasteiger partial charge in [-0.25, -0.2) is 0 Å². The fourth-order valence-electron chi connectivity index (χ4n) is 1.18. The molecule has 1 N–H and O–H groups in total. The van der Waals surface area contributed by atoms with Crippen molar-refractivity contribution in [2.24, 2.45) is 0 Å². The Morgan fingerprint density at radius 3 is 3.08 bits per heavy atom. The van der Waals surface area contributed by atoms with E-state index in [-0.39, 0.29) is 6.04 Å². The summed E-state index contributed by atoms with van der Waals surface area (Å²) in [6.45, 7) is 0. The molecule has 1 aromatic rings. The molecule has 0 saturated heterocycles. The van der Waals surface area contributed by atoms with Gasteiger partial charge in [-0.2, -0.15) is 0 Å². The van der Waals surface area contributed by atoms with Crippen molar-refractivity contribution in [1.82, 2.24) is 5.32 Å². The first-order valence-corrected chi connectivity index (χ1v) is 4.93. The van der Waals surface area contributed by atoms with E-state index >= 15 is 0 Å². The van der Waals surface area contributed by atoms with Crippen LogP contribution in [0.15, 0.2) is 11.4 Å². The summed E-state index contributed by atoms with van der Waals surface area (Å²) in [6.07, 6.45) is 5.96. The summed E-state index contributed by atoms with van der Waals surface area (Å²) in [5.41, 5.74) is 0. The molecule has 70 valence electrons. The smallest absolute Gasteiger partial charge is 0.134 e. The van der Waals surface area contributed by atoms with Gasteiger partial charge in [0, 0.05) is 6.42 Å². The van der Waals surface area contributed by atoms with E-state index < -0.39 is 0 Å². The lowest BCUT2D eigenvalue weighted by Gasteiger charge is -2.12.